The second-order valence-corrected chi connectivity index (χ2v) is 8.05. The van der Waals surface area contributed by atoms with Crippen LogP contribution in [0.5, 0.6) is 0 Å². The van der Waals surface area contributed by atoms with Crippen molar-refractivity contribution < 1.29 is 9.32 Å². The minimum absolute atomic E-state index is 0.223. The van der Waals surface area contributed by atoms with E-state index in [0.29, 0.717) is 36.5 Å². The van der Waals surface area contributed by atoms with Crippen molar-refractivity contribution in [3.05, 3.63) is 24.2 Å². The topological polar surface area (TPSA) is 75.4 Å². The van der Waals surface area contributed by atoms with Gasteiger partial charge >= 0.3 is 0 Å². The Balaban J connectivity index is 1.53. The molecule has 7 nitrogen and oxygen atoms in total. The van der Waals surface area contributed by atoms with Crippen LogP contribution in [0.1, 0.15) is 38.9 Å². The summed E-state index contributed by atoms with van der Waals surface area (Å²) in [6.45, 7) is 8.64. The number of carbonyl (C=O) groups excluding carboxylic acids is 1. The molecule has 144 valence electrons. The molecule has 2 aromatic rings. The maximum atomic E-state index is 12.8. The van der Waals surface area contributed by atoms with Crippen LogP contribution in [0, 0.1) is 18.8 Å². The van der Waals surface area contributed by atoms with Crippen LogP contribution in [-0.2, 0) is 4.79 Å². The molecular weight excluding hydrogens is 342 g/mol. The maximum Gasteiger partial charge on any atom is 0.259 e. The zero-order valence-corrected chi connectivity index (χ0v) is 16.3. The fourth-order valence-corrected chi connectivity index (χ4v) is 3.68. The van der Waals surface area contributed by atoms with Crippen LogP contribution in [0.25, 0.3) is 11.5 Å². The van der Waals surface area contributed by atoms with Gasteiger partial charge in [-0.25, -0.2) is 4.98 Å². The molecule has 2 aromatic heterocycles. The molecule has 7 heteroatoms. The van der Waals surface area contributed by atoms with Gasteiger partial charge < -0.3 is 14.3 Å². The highest BCUT2D eigenvalue weighted by Gasteiger charge is 2.35. The molecule has 0 radical (unpaired) electrons. The van der Waals surface area contributed by atoms with Crippen LogP contribution < -0.4 is 4.90 Å². The fourth-order valence-electron chi connectivity index (χ4n) is 3.68. The lowest BCUT2D eigenvalue weighted by Gasteiger charge is -2.35. The molecule has 1 aliphatic carbocycles. The summed E-state index contributed by atoms with van der Waals surface area (Å²) in [5.74, 6) is 3.37. The number of aromatic nitrogens is 3. The monoisotopic (exact) mass is 369 g/mol. The molecule has 0 N–H and O–H groups in total. The first-order valence-electron chi connectivity index (χ1n) is 9.82. The number of rotatable bonds is 5. The van der Waals surface area contributed by atoms with Crippen molar-refractivity contribution in [1.29, 1.82) is 0 Å². The van der Waals surface area contributed by atoms with E-state index in [-0.39, 0.29) is 11.9 Å². The minimum Gasteiger partial charge on any atom is -0.354 e. The third-order valence-electron chi connectivity index (χ3n) is 5.49. The molecule has 0 aromatic carbocycles. The summed E-state index contributed by atoms with van der Waals surface area (Å²) in [5.41, 5.74) is 0.806. The van der Waals surface area contributed by atoms with E-state index < -0.39 is 0 Å². The van der Waals surface area contributed by atoms with Crippen molar-refractivity contribution in [2.75, 3.05) is 24.5 Å². The van der Waals surface area contributed by atoms with E-state index >= 15 is 0 Å². The number of hydrogen-bond donors (Lipinski definition) is 0. The summed E-state index contributed by atoms with van der Waals surface area (Å²) < 4.78 is 5.21. The van der Waals surface area contributed by atoms with E-state index in [1.54, 1.807) is 13.1 Å². The number of hydrogen-bond acceptors (Lipinski definition) is 6. The van der Waals surface area contributed by atoms with E-state index in [9.17, 15) is 4.79 Å². The average molecular weight is 369 g/mol. The Morgan fingerprint density at radius 2 is 2.11 bits per heavy atom. The fraction of sp³-hybridized carbons (Fsp3) is 0.600. The first-order chi connectivity index (χ1) is 13.0. The van der Waals surface area contributed by atoms with Crippen LogP contribution in [-0.4, -0.2) is 51.6 Å². The van der Waals surface area contributed by atoms with E-state index in [1.807, 2.05) is 12.1 Å². The molecule has 0 bridgehead atoms. The lowest BCUT2D eigenvalue weighted by molar-refractivity contribution is -0.133. The Labute approximate surface area is 159 Å². The van der Waals surface area contributed by atoms with Gasteiger partial charge in [0.15, 0.2) is 5.82 Å². The van der Waals surface area contributed by atoms with Gasteiger partial charge in [0.2, 0.25) is 5.91 Å². The van der Waals surface area contributed by atoms with E-state index in [0.717, 1.165) is 24.5 Å². The predicted octanol–water partition coefficient (Wildman–Crippen LogP) is 2.91. The van der Waals surface area contributed by atoms with Crippen molar-refractivity contribution in [3.63, 3.8) is 0 Å². The zero-order chi connectivity index (χ0) is 19.0. The maximum absolute atomic E-state index is 12.8. The van der Waals surface area contributed by atoms with Crippen LogP contribution in [0.3, 0.4) is 0 Å². The molecule has 27 heavy (non-hydrogen) atoms. The van der Waals surface area contributed by atoms with Crippen LogP contribution >= 0.6 is 0 Å². The van der Waals surface area contributed by atoms with Gasteiger partial charge in [0, 0.05) is 32.3 Å². The molecule has 3 heterocycles. The molecule has 1 saturated carbocycles. The van der Waals surface area contributed by atoms with Gasteiger partial charge in [0.05, 0.1) is 11.6 Å². The van der Waals surface area contributed by atoms with Crippen LogP contribution in [0.4, 0.5) is 5.82 Å². The summed E-state index contributed by atoms with van der Waals surface area (Å²) in [6.07, 6.45) is 4.83. The highest BCUT2D eigenvalue weighted by Crippen LogP contribution is 2.32. The molecule has 1 amide bonds. The zero-order valence-electron chi connectivity index (χ0n) is 16.3. The predicted molar refractivity (Wildman–Crippen MR) is 102 cm³/mol. The lowest BCUT2D eigenvalue weighted by Crippen LogP contribution is -2.47. The quantitative estimate of drug-likeness (QED) is 0.807. The normalized spacial score (nSPS) is 21.0. The van der Waals surface area contributed by atoms with Gasteiger partial charge in [-0.15, -0.1) is 0 Å². The highest BCUT2D eigenvalue weighted by molar-refractivity contribution is 5.78. The Morgan fingerprint density at radius 3 is 2.70 bits per heavy atom. The second kappa shape index (κ2) is 7.29. The molecule has 1 aliphatic heterocycles. The van der Waals surface area contributed by atoms with E-state index in [4.69, 9.17) is 4.52 Å². The number of anilines is 1. The average Bonchev–Trinajstić information content (AvgIpc) is 3.40. The van der Waals surface area contributed by atoms with Crippen LogP contribution in [0.2, 0.25) is 0 Å². The molecule has 1 saturated heterocycles. The lowest BCUT2D eigenvalue weighted by atomic mass is 10.0. The molecule has 1 unspecified atom stereocenters. The summed E-state index contributed by atoms with van der Waals surface area (Å²) >= 11 is 0. The van der Waals surface area contributed by atoms with Gasteiger partial charge in [-0.2, -0.15) is 4.98 Å². The van der Waals surface area contributed by atoms with E-state index in [1.165, 1.54) is 12.8 Å². The van der Waals surface area contributed by atoms with Gasteiger partial charge in [0.1, 0.15) is 5.82 Å². The van der Waals surface area contributed by atoms with Crippen molar-refractivity contribution in [2.24, 2.45) is 11.8 Å². The number of amides is 1. The first kappa shape index (κ1) is 17.9. The van der Waals surface area contributed by atoms with Crippen LogP contribution in [0.15, 0.2) is 22.9 Å². The van der Waals surface area contributed by atoms with Crippen molar-refractivity contribution in [2.45, 2.75) is 46.1 Å². The van der Waals surface area contributed by atoms with Crippen molar-refractivity contribution in [3.8, 4) is 11.5 Å². The molecule has 1 atom stereocenters. The Kier molecular flexibility index (Phi) is 4.85. The van der Waals surface area contributed by atoms with E-state index in [2.05, 4.69) is 38.8 Å². The smallest absolute Gasteiger partial charge is 0.259 e. The number of nitrogens with zero attached hydrogens (tertiary/aromatic N) is 5. The van der Waals surface area contributed by atoms with Gasteiger partial charge in [-0.05, 0) is 43.7 Å². The minimum atomic E-state index is 0.223. The Bertz CT molecular complexity index is 797. The van der Waals surface area contributed by atoms with Crippen molar-refractivity contribution >= 4 is 11.7 Å². The molecule has 0 spiro atoms. The standard InChI is InChI=1S/C20H27N5O2/c1-13(2)17-12-24(9-8-19(26)25(17)11-15-4-5-15)18-7-6-16(10-21-18)20-22-14(3)23-27-20/h6-7,10,13,15,17H,4-5,8-9,11-12H2,1-3H3. The molecular formula is C20H27N5O2. The van der Waals surface area contributed by atoms with Crippen molar-refractivity contribution in [1.82, 2.24) is 20.0 Å². The summed E-state index contributed by atoms with van der Waals surface area (Å²) in [7, 11) is 0. The third-order valence-corrected chi connectivity index (χ3v) is 5.49. The molecule has 2 aliphatic rings. The number of carbonyl (C=O) groups is 1. The largest absolute Gasteiger partial charge is 0.354 e. The summed E-state index contributed by atoms with van der Waals surface area (Å²) in [5, 5.41) is 3.82. The number of pyridine rings is 1. The summed E-state index contributed by atoms with van der Waals surface area (Å²) in [6, 6.07) is 4.16. The van der Waals surface area contributed by atoms with Gasteiger partial charge in [-0.1, -0.05) is 19.0 Å². The summed E-state index contributed by atoms with van der Waals surface area (Å²) in [4.78, 5) is 26.0. The second-order valence-electron chi connectivity index (χ2n) is 8.05. The number of aryl methyl sites for hydroxylation is 1. The third kappa shape index (κ3) is 3.96. The molecule has 4 rings (SSSR count). The first-order valence-corrected chi connectivity index (χ1v) is 9.82. The SMILES string of the molecule is Cc1noc(-c2ccc(N3CCC(=O)N(CC4CC4)C(C(C)C)C3)nc2)n1. The van der Waals surface area contributed by atoms with Gasteiger partial charge in [-0.3, -0.25) is 4.79 Å². The Morgan fingerprint density at radius 1 is 1.30 bits per heavy atom. The highest BCUT2D eigenvalue weighted by atomic mass is 16.5. The molecule has 2 fully saturated rings. The Hall–Kier alpha value is -2.44. The van der Waals surface area contributed by atoms with Gasteiger partial charge in [0.25, 0.3) is 5.89 Å².